The second-order valence-corrected chi connectivity index (χ2v) is 5.26. The Morgan fingerprint density at radius 1 is 1.25 bits per heavy atom. The first-order chi connectivity index (χ1) is 7.66. The van der Waals surface area contributed by atoms with E-state index in [4.69, 9.17) is 0 Å². The molecule has 0 aromatic heterocycles. The topological polar surface area (TPSA) is 23.5 Å². The minimum Gasteiger partial charge on any atom is -0.393 e. The molecule has 1 aliphatic rings. The van der Waals surface area contributed by atoms with Crippen LogP contribution in [0.3, 0.4) is 0 Å². The number of aliphatic hydroxyl groups excluding tert-OH is 1. The van der Waals surface area contributed by atoms with Gasteiger partial charge < -0.3 is 10.0 Å². The monoisotopic (exact) mass is 237 g/mol. The lowest BCUT2D eigenvalue weighted by Gasteiger charge is -2.31. The second-order valence-electron chi connectivity index (χ2n) is 4.49. The Hall–Kier alpha value is -0.670. The normalized spacial score (nSPS) is 19.8. The fourth-order valence-corrected chi connectivity index (χ4v) is 2.26. The van der Waals surface area contributed by atoms with Gasteiger partial charge in [-0.15, -0.1) is 0 Å². The van der Waals surface area contributed by atoms with Crippen molar-refractivity contribution in [1.82, 2.24) is 0 Å². The Kier molecular flexibility index (Phi) is 3.77. The number of hydrogen-bond donors (Lipinski definition) is 2. The van der Waals surface area contributed by atoms with Crippen LogP contribution in [0.25, 0.3) is 0 Å². The second kappa shape index (κ2) is 5.11. The van der Waals surface area contributed by atoms with Gasteiger partial charge in [-0.2, -0.15) is 12.6 Å². The molecule has 88 valence electrons. The average molecular weight is 237 g/mol. The average Bonchev–Trinajstić information content (AvgIpc) is 2.30. The number of piperidine rings is 1. The number of anilines is 1. The van der Waals surface area contributed by atoms with Crippen molar-refractivity contribution < 1.29 is 5.11 Å². The van der Waals surface area contributed by atoms with Crippen LogP contribution in [-0.2, 0) is 0 Å². The fraction of sp³-hybridized carbons (Fsp3) is 0.538. The summed E-state index contributed by atoms with van der Waals surface area (Å²) >= 11 is 4.41. The van der Waals surface area contributed by atoms with Crippen molar-refractivity contribution in [3.05, 3.63) is 29.8 Å². The van der Waals surface area contributed by atoms with Gasteiger partial charge in [0, 0.05) is 24.0 Å². The number of nitrogens with zero attached hydrogens (tertiary/aromatic N) is 1. The van der Waals surface area contributed by atoms with Gasteiger partial charge in [-0.3, -0.25) is 0 Å². The summed E-state index contributed by atoms with van der Waals surface area (Å²) in [6.45, 7) is 3.99. The van der Waals surface area contributed by atoms with E-state index in [1.165, 1.54) is 11.3 Å². The molecule has 2 nitrogen and oxygen atoms in total. The number of rotatable bonds is 2. The first-order valence-corrected chi connectivity index (χ1v) is 6.39. The van der Waals surface area contributed by atoms with Crippen LogP contribution in [-0.4, -0.2) is 24.3 Å². The Bertz CT molecular complexity index is 328. The molecule has 1 heterocycles. The van der Waals surface area contributed by atoms with Crippen LogP contribution >= 0.6 is 12.6 Å². The predicted molar refractivity (Wildman–Crippen MR) is 71.3 cm³/mol. The van der Waals surface area contributed by atoms with Gasteiger partial charge in [0.15, 0.2) is 0 Å². The van der Waals surface area contributed by atoms with E-state index in [9.17, 15) is 5.11 Å². The third kappa shape index (κ3) is 2.71. The van der Waals surface area contributed by atoms with Crippen molar-refractivity contribution >= 4 is 18.3 Å². The molecule has 1 saturated heterocycles. The molecule has 1 atom stereocenters. The maximum Gasteiger partial charge on any atom is 0.0574 e. The molecule has 1 aromatic carbocycles. The molecule has 3 heteroatoms. The van der Waals surface area contributed by atoms with Gasteiger partial charge in [0.1, 0.15) is 0 Å². The molecular weight excluding hydrogens is 218 g/mol. The molecule has 0 amide bonds. The van der Waals surface area contributed by atoms with Crippen molar-refractivity contribution in [3.8, 4) is 0 Å². The first-order valence-electron chi connectivity index (χ1n) is 5.88. The van der Waals surface area contributed by atoms with Crippen LogP contribution in [0.1, 0.15) is 30.6 Å². The molecule has 1 N–H and O–H groups in total. The van der Waals surface area contributed by atoms with Crippen molar-refractivity contribution in [3.63, 3.8) is 0 Å². The molecule has 0 radical (unpaired) electrons. The zero-order chi connectivity index (χ0) is 11.5. The number of aliphatic hydroxyl groups is 1. The van der Waals surface area contributed by atoms with E-state index in [1.807, 2.05) is 0 Å². The van der Waals surface area contributed by atoms with Gasteiger partial charge in [-0.05, 0) is 37.5 Å². The van der Waals surface area contributed by atoms with Crippen molar-refractivity contribution in [2.45, 2.75) is 31.1 Å². The van der Waals surface area contributed by atoms with E-state index < -0.39 is 0 Å². The summed E-state index contributed by atoms with van der Waals surface area (Å²) < 4.78 is 0. The molecule has 16 heavy (non-hydrogen) atoms. The maximum atomic E-state index is 9.45. The first kappa shape index (κ1) is 11.8. The number of thiol groups is 1. The minimum absolute atomic E-state index is 0.104. The Morgan fingerprint density at radius 3 is 2.31 bits per heavy atom. The van der Waals surface area contributed by atoms with Gasteiger partial charge >= 0.3 is 0 Å². The molecule has 0 bridgehead atoms. The smallest absolute Gasteiger partial charge is 0.0574 e. The highest BCUT2D eigenvalue weighted by Gasteiger charge is 2.17. The van der Waals surface area contributed by atoms with E-state index in [0.717, 1.165) is 25.9 Å². The van der Waals surface area contributed by atoms with E-state index in [0.29, 0.717) is 0 Å². The Morgan fingerprint density at radius 2 is 1.81 bits per heavy atom. The highest BCUT2D eigenvalue weighted by Crippen LogP contribution is 2.24. The van der Waals surface area contributed by atoms with E-state index in [-0.39, 0.29) is 11.4 Å². The van der Waals surface area contributed by atoms with Gasteiger partial charge in [0.05, 0.1) is 6.10 Å². The fourth-order valence-electron chi connectivity index (χ4n) is 2.09. The number of benzene rings is 1. The highest BCUT2D eigenvalue weighted by molar-refractivity contribution is 7.80. The van der Waals surface area contributed by atoms with Gasteiger partial charge in [-0.1, -0.05) is 12.1 Å². The van der Waals surface area contributed by atoms with Gasteiger partial charge in [0.2, 0.25) is 0 Å². The van der Waals surface area contributed by atoms with Crippen LogP contribution in [0.2, 0.25) is 0 Å². The van der Waals surface area contributed by atoms with E-state index in [2.05, 4.69) is 48.7 Å². The molecule has 1 fully saturated rings. The summed E-state index contributed by atoms with van der Waals surface area (Å²) in [6, 6.07) is 8.58. The lowest BCUT2D eigenvalue weighted by Crippen LogP contribution is -2.35. The third-order valence-electron chi connectivity index (χ3n) is 3.21. The lowest BCUT2D eigenvalue weighted by molar-refractivity contribution is 0.145. The summed E-state index contributed by atoms with van der Waals surface area (Å²) in [4.78, 5) is 2.33. The van der Waals surface area contributed by atoms with Crippen LogP contribution in [0.4, 0.5) is 5.69 Å². The summed E-state index contributed by atoms with van der Waals surface area (Å²) in [5, 5.41) is 9.74. The highest BCUT2D eigenvalue weighted by atomic mass is 32.1. The van der Waals surface area contributed by atoms with Gasteiger partial charge in [-0.25, -0.2) is 0 Å². The molecule has 1 aliphatic heterocycles. The van der Waals surface area contributed by atoms with Crippen molar-refractivity contribution in [2.24, 2.45) is 0 Å². The summed E-state index contributed by atoms with van der Waals surface area (Å²) in [5.74, 6) is 0. The summed E-state index contributed by atoms with van der Waals surface area (Å²) in [7, 11) is 0. The van der Waals surface area contributed by atoms with Crippen LogP contribution < -0.4 is 4.90 Å². The zero-order valence-corrected chi connectivity index (χ0v) is 10.5. The summed E-state index contributed by atoms with van der Waals surface area (Å²) in [6.07, 6.45) is 1.66. The van der Waals surface area contributed by atoms with E-state index in [1.54, 1.807) is 0 Å². The van der Waals surface area contributed by atoms with Crippen molar-refractivity contribution in [1.29, 1.82) is 0 Å². The van der Waals surface area contributed by atoms with Gasteiger partial charge in [0.25, 0.3) is 0 Å². The SMILES string of the molecule is CC(S)c1ccc(N2CCC(O)CC2)cc1. The van der Waals surface area contributed by atoms with Crippen molar-refractivity contribution in [2.75, 3.05) is 18.0 Å². The predicted octanol–water partition coefficient (Wildman–Crippen LogP) is 2.64. The third-order valence-corrected chi connectivity index (χ3v) is 3.50. The molecule has 1 unspecified atom stereocenters. The molecule has 0 aliphatic carbocycles. The van der Waals surface area contributed by atoms with Crippen LogP contribution in [0.15, 0.2) is 24.3 Å². The maximum absolute atomic E-state index is 9.45. The van der Waals surface area contributed by atoms with E-state index >= 15 is 0 Å². The quantitative estimate of drug-likeness (QED) is 0.773. The van der Waals surface area contributed by atoms with Crippen LogP contribution in [0, 0.1) is 0 Å². The standard InChI is InChI=1S/C13H19NOS/c1-10(16)11-2-4-12(5-3-11)14-8-6-13(15)7-9-14/h2-5,10,13,15-16H,6-9H2,1H3. The largest absolute Gasteiger partial charge is 0.393 e. The number of hydrogen-bond acceptors (Lipinski definition) is 3. The Labute approximate surface area is 103 Å². The molecular formula is C13H19NOS. The zero-order valence-electron chi connectivity index (χ0n) is 9.63. The minimum atomic E-state index is -0.104. The molecule has 1 aromatic rings. The molecule has 0 spiro atoms. The molecule has 2 rings (SSSR count). The van der Waals surface area contributed by atoms with Crippen LogP contribution in [0.5, 0.6) is 0 Å². The molecule has 0 saturated carbocycles. The summed E-state index contributed by atoms with van der Waals surface area (Å²) in [5.41, 5.74) is 2.51. The lowest BCUT2D eigenvalue weighted by atomic mass is 10.1. The Balaban J connectivity index is 2.04.